The van der Waals surface area contributed by atoms with Crippen molar-refractivity contribution in [2.45, 2.75) is 63.7 Å². The second-order valence-corrected chi connectivity index (χ2v) is 16.9. The van der Waals surface area contributed by atoms with E-state index in [9.17, 15) is 19.2 Å². The summed E-state index contributed by atoms with van der Waals surface area (Å²) in [4.78, 5) is 66.2. The normalized spacial score (nSPS) is 24.2. The molecule has 5 saturated heterocycles. The fourth-order valence-corrected chi connectivity index (χ4v) is 9.94. The first-order valence-electron chi connectivity index (χ1n) is 19.8. The minimum Gasteiger partial charge on any atom is -0.368 e. The Hall–Kier alpha value is -5.17. The van der Waals surface area contributed by atoms with E-state index in [0.29, 0.717) is 29.8 Å². The summed E-state index contributed by atoms with van der Waals surface area (Å²) in [5.74, 6) is -2.16. The number of halogens is 2. The molecule has 1 spiro atoms. The predicted molar refractivity (Wildman–Crippen MR) is 211 cm³/mol. The summed E-state index contributed by atoms with van der Waals surface area (Å²) >= 11 is 6.37. The fourth-order valence-electron chi connectivity index (χ4n) is 9.73. The van der Waals surface area contributed by atoms with Crippen LogP contribution in [0.15, 0.2) is 42.5 Å². The van der Waals surface area contributed by atoms with Crippen LogP contribution in [-0.4, -0.2) is 126 Å². The summed E-state index contributed by atoms with van der Waals surface area (Å²) in [6, 6.07) is 12.0. The molecular weight excluding hydrogens is 751 g/mol. The van der Waals surface area contributed by atoms with E-state index in [2.05, 4.69) is 59.0 Å². The number of imide groups is 2. The maximum Gasteiger partial charge on any atom is 0.262 e. The number of piperazine rings is 1. The van der Waals surface area contributed by atoms with Gasteiger partial charge in [-0.3, -0.25) is 39.2 Å². The Kier molecular flexibility index (Phi) is 9.61. The lowest BCUT2D eigenvalue weighted by molar-refractivity contribution is -0.136. The molecule has 6 aliphatic rings. The number of aromatic nitrogens is 2. The summed E-state index contributed by atoms with van der Waals surface area (Å²) in [5, 5.41) is 11.9. The number of hydrogen-bond donors (Lipinski definition) is 1. The van der Waals surface area contributed by atoms with Crippen molar-refractivity contribution < 1.29 is 23.6 Å². The second-order valence-electron chi connectivity index (χ2n) is 16.5. The summed E-state index contributed by atoms with van der Waals surface area (Å²) in [6.07, 6.45) is 3.38. The van der Waals surface area contributed by atoms with Gasteiger partial charge >= 0.3 is 0 Å². The number of benzene rings is 2. The van der Waals surface area contributed by atoms with E-state index in [1.165, 1.54) is 6.07 Å². The Morgan fingerprint density at radius 1 is 0.930 bits per heavy atom. The van der Waals surface area contributed by atoms with Crippen LogP contribution < -0.4 is 20.0 Å². The van der Waals surface area contributed by atoms with Crippen molar-refractivity contribution in [1.82, 2.24) is 30.2 Å². The smallest absolute Gasteiger partial charge is 0.262 e. The number of carbonyl (C=O) groups is 4. The molecule has 57 heavy (non-hydrogen) atoms. The van der Waals surface area contributed by atoms with E-state index in [1.807, 2.05) is 23.1 Å². The van der Waals surface area contributed by atoms with Crippen molar-refractivity contribution >= 4 is 58.1 Å². The molecule has 296 valence electrons. The van der Waals surface area contributed by atoms with Gasteiger partial charge in [0.05, 0.1) is 29.1 Å². The lowest BCUT2D eigenvalue weighted by Gasteiger charge is -2.49. The molecule has 0 saturated carbocycles. The molecule has 0 bridgehead atoms. The monoisotopic (exact) mass is 794 g/mol. The standard InChI is InChI=1S/C41H44ClFN10O4/c1-25-20-41(24-52(25)27-4-5-33(44-2)31(42)17-27)9-11-50(12-10-41)36-7-3-26(46-47-36)21-48-13-15-49(16-14-48)28-22-51(23-28)35-19-30-29(18-32(35)43)39(56)53(40(30)57)34-6-8-37(54)45-38(34)55/h3-5,7,17-19,25,28,34H,6,8-16,20-24H2,1H3,(H,45,54,55)/t25-,34?/m0/s1. The highest BCUT2D eigenvalue weighted by atomic mass is 35.5. The van der Waals surface area contributed by atoms with Crippen LogP contribution in [0.25, 0.3) is 4.85 Å². The summed E-state index contributed by atoms with van der Waals surface area (Å²) in [5.41, 5.74) is 3.06. The highest BCUT2D eigenvalue weighted by molar-refractivity contribution is 6.33. The lowest BCUT2D eigenvalue weighted by atomic mass is 9.77. The van der Waals surface area contributed by atoms with Crippen LogP contribution in [0.2, 0.25) is 5.02 Å². The van der Waals surface area contributed by atoms with Gasteiger partial charge in [0.25, 0.3) is 11.8 Å². The Balaban J connectivity index is 0.735. The molecule has 1 N–H and O–H groups in total. The van der Waals surface area contributed by atoms with Gasteiger partial charge in [-0.1, -0.05) is 17.7 Å². The molecule has 6 aliphatic heterocycles. The van der Waals surface area contributed by atoms with E-state index >= 15 is 4.39 Å². The van der Waals surface area contributed by atoms with Gasteiger partial charge in [-0.2, -0.15) is 5.10 Å². The Labute approximate surface area is 335 Å². The molecule has 16 heteroatoms. The van der Waals surface area contributed by atoms with E-state index in [-0.39, 0.29) is 41.1 Å². The molecule has 5 fully saturated rings. The van der Waals surface area contributed by atoms with E-state index in [1.54, 1.807) is 0 Å². The van der Waals surface area contributed by atoms with Gasteiger partial charge in [-0.05, 0) is 74.4 Å². The molecule has 1 unspecified atom stereocenters. The van der Waals surface area contributed by atoms with Gasteiger partial charge in [-0.15, -0.1) is 5.10 Å². The van der Waals surface area contributed by atoms with Crippen LogP contribution >= 0.6 is 11.6 Å². The van der Waals surface area contributed by atoms with Gasteiger partial charge in [0.1, 0.15) is 11.9 Å². The van der Waals surface area contributed by atoms with Gasteiger partial charge in [0.15, 0.2) is 5.82 Å². The number of rotatable bonds is 7. The number of amides is 4. The summed E-state index contributed by atoms with van der Waals surface area (Å²) in [7, 11) is 0. The third kappa shape index (κ3) is 6.87. The molecule has 4 amide bonds. The number of fused-ring (bicyclic) bond motifs is 1. The second kappa shape index (κ2) is 14.6. The maximum absolute atomic E-state index is 15.3. The highest BCUT2D eigenvalue weighted by Crippen LogP contribution is 2.46. The summed E-state index contributed by atoms with van der Waals surface area (Å²) < 4.78 is 15.3. The minimum atomic E-state index is -1.09. The number of anilines is 3. The third-order valence-corrected chi connectivity index (χ3v) is 13.3. The number of carbonyl (C=O) groups excluding carboxylic acids is 4. The quantitative estimate of drug-likeness (QED) is 0.274. The van der Waals surface area contributed by atoms with Crippen LogP contribution in [0, 0.1) is 17.8 Å². The van der Waals surface area contributed by atoms with Crippen LogP contribution in [0.4, 0.5) is 27.3 Å². The maximum atomic E-state index is 15.3. The van der Waals surface area contributed by atoms with Gasteiger partial charge in [-0.25, -0.2) is 9.24 Å². The molecule has 0 aliphatic carbocycles. The molecule has 9 rings (SSSR count). The van der Waals surface area contributed by atoms with Crippen molar-refractivity contribution in [2.75, 3.05) is 73.6 Å². The first-order valence-corrected chi connectivity index (χ1v) is 20.1. The van der Waals surface area contributed by atoms with Crippen molar-refractivity contribution in [3.05, 3.63) is 81.5 Å². The van der Waals surface area contributed by atoms with E-state index in [4.69, 9.17) is 18.2 Å². The number of nitrogens with one attached hydrogen (secondary N) is 1. The minimum absolute atomic E-state index is 0.0235. The van der Waals surface area contributed by atoms with Crippen LogP contribution in [-0.2, 0) is 16.1 Å². The van der Waals surface area contributed by atoms with E-state index in [0.717, 1.165) is 99.8 Å². The van der Waals surface area contributed by atoms with Gasteiger partial charge < -0.3 is 14.7 Å². The Morgan fingerprint density at radius 3 is 2.33 bits per heavy atom. The molecule has 14 nitrogen and oxygen atoms in total. The first kappa shape index (κ1) is 37.4. The molecule has 1 aromatic heterocycles. The zero-order valence-corrected chi connectivity index (χ0v) is 32.5. The van der Waals surface area contributed by atoms with Crippen LogP contribution in [0.3, 0.4) is 0 Å². The lowest BCUT2D eigenvalue weighted by Crippen LogP contribution is -2.63. The molecular formula is C41H44ClFN10O4. The first-order chi connectivity index (χ1) is 27.5. The van der Waals surface area contributed by atoms with Crippen LogP contribution in [0.5, 0.6) is 0 Å². The average Bonchev–Trinajstić information content (AvgIpc) is 3.63. The molecule has 0 radical (unpaired) electrons. The molecule has 7 heterocycles. The van der Waals surface area contributed by atoms with Crippen molar-refractivity contribution in [2.24, 2.45) is 5.41 Å². The molecule has 3 aromatic rings. The van der Waals surface area contributed by atoms with Gasteiger partial charge in [0.2, 0.25) is 17.5 Å². The summed E-state index contributed by atoms with van der Waals surface area (Å²) in [6.45, 7) is 17.9. The topological polar surface area (TPSA) is 130 Å². The molecule has 2 aromatic carbocycles. The number of piperidine rings is 2. The Bertz CT molecular complexity index is 2180. The zero-order chi connectivity index (χ0) is 39.6. The molecule has 2 atom stereocenters. The van der Waals surface area contributed by atoms with E-state index < -0.39 is 35.5 Å². The SMILES string of the molecule is [C-]#[N+]c1ccc(N2CC3(CCN(c4ccc(CN5CCN(C6CN(c7cc8c(cc7F)C(=O)N(C7CCC(=O)NC7=O)C8=O)C6)CC5)nn4)CC3)C[C@@H]2C)cc1Cl. The van der Waals surface area contributed by atoms with Crippen LogP contribution in [0.1, 0.15) is 65.4 Å². The fraction of sp³-hybridized carbons (Fsp3) is 0.488. The van der Waals surface area contributed by atoms with Crippen molar-refractivity contribution in [3.63, 3.8) is 0 Å². The number of hydrogen-bond acceptors (Lipinski definition) is 11. The largest absolute Gasteiger partial charge is 0.368 e. The van der Waals surface area contributed by atoms with Crippen molar-refractivity contribution in [1.29, 1.82) is 0 Å². The average molecular weight is 795 g/mol. The van der Waals surface area contributed by atoms with Gasteiger partial charge in [0, 0.05) is 94.7 Å². The predicted octanol–water partition coefficient (Wildman–Crippen LogP) is 4.11. The number of nitrogens with zero attached hydrogens (tertiary/aromatic N) is 9. The highest BCUT2D eigenvalue weighted by Gasteiger charge is 2.47. The zero-order valence-electron chi connectivity index (χ0n) is 31.8. The third-order valence-electron chi connectivity index (χ3n) is 13.0. The Morgan fingerprint density at radius 2 is 1.67 bits per heavy atom. The van der Waals surface area contributed by atoms with Crippen molar-refractivity contribution in [3.8, 4) is 0 Å².